The van der Waals surface area contributed by atoms with Crippen molar-refractivity contribution in [2.75, 3.05) is 59.9 Å². The van der Waals surface area contributed by atoms with E-state index in [1.807, 2.05) is 0 Å². The van der Waals surface area contributed by atoms with E-state index in [-0.39, 0.29) is 25.4 Å². The third kappa shape index (κ3) is 12.3. The van der Waals surface area contributed by atoms with Gasteiger partial charge in [0.2, 0.25) is 0 Å². The molecular formula is C33H41F3N2O7. The van der Waals surface area contributed by atoms with Crippen molar-refractivity contribution in [3.05, 3.63) is 72.1 Å². The van der Waals surface area contributed by atoms with Gasteiger partial charge in [-0.05, 0) is 73.9 Å². The number of alkyl halides is 3. The maximum Gasteiger partial charge on any atom is 0.416 e. The van der Waals surface area contributed by atoms with Crippen LogP contribution in [0.3, 0.4) is 0 Å². The first-order valence-corrected chi connectivity index (χ1v) is 14.5. The summed E-state index contributed by atoms with van der Waals surface area (Å²) in [5.74, 6) is -0.0518. The van der Waals surface area contributed by atoms with Crippen LogP contribution in [0.1, 0.15) is 32.0 Å². The van der Waals surface area contributed by atoms with Crippen LogP contribution in [0.25, 0.3) is 22.3 Å². The van der Waals surface area contributed by atoms with Crippen LogP contribution in [-0.4, -0.2) is 86.6 Å². The van der Waals surface area contributed by atoms with Gasteiger partial charge in [-0.3, -0.25) is 9.88 Å². The highest BCUT2D eigenvalue weighted by molar-refractivity contribution is 5.78. The standard InChI is InChI=1S/C33H41F3N2O7/c1-32(2,3)45-31(40)38(12-13-42-16-17-44-19-18-43-15-14-41-4)23-28-21-26(10-11-37-28)29-22-25(8-9-30(29)39)24-6-5-7-27(20-24)33(34,35)36/h5-11,20-22,39H,12-19,23H2,1-4H3. The van der Waals surface area contributed by atoms with Crippen LogP contribution in [0.4, 0.5) is 18.0 Å². The van der Waals surface area contributed by atoms with Crippen molar-refractivity contribution in [3.63, 3.8) is 0 Å². The minimum Gasteiger partial charge on any atom is -0.507 e. The van der Waals surface area contributed by atoms with Crippen molar-refractivity contribution in [2.45, 2.75) is 39.1 Å². The summed E-state index contributed by atoms with van der Waals surface area (Å²) in [5, 5.41) is 10.7. The summed E-state index contributed by atoms with van der Waals surface area (Å²) >= 11 is 0. The fourth-order valence-corrected chi connectivity index (χ4v) is 4.17. The normalized spacial score (nSPS) is 11.9. The van der Waals surface area contributed by atoms with Gasteiger partial charge in [0.1, 0.15) is 11.4 Å². The molecule has 1 N–H and O–H groups in total. The largest absolute Gasteiger partial charge is 0.507 e. The number of aromatic nitrogens is 1. The van der Waals surface area contributed by atoms with Crippen molar-refractivity contribution >= 4 is 6.09 Å². The van der Waals surface area contributed by atoms with Crippen molar-refractivity contribution < 1.29 is 46.8 Å². The number of nitrogens with zero attached hydrogens (tertiary/aromatic N) is 2. The van der Waals surface area contributed by atoms with Gasteiger partial charge in [-0.15, -0.1) is 0 Å². The number of phenolic OH excluding ortho intramolecular Hbond substituents is 1. The molecule has 0 spiro atoms. The Bertz CT molecular complexity index is 1360. The van der Waals surface area contributed by atoms with Gasteiger partial charge in [0.25, 0.3) is 0 Å². The maximum atomic E-state index is 13.3. The van der Waals surface area contributed by atoms with E-state index < -0.39 is 23.4 Å². The zero-order chi connectivity index (χ0) is 32.9. The number of hydrogen-bond acceptors (Lipinski definition) is 8. The molecular weight excluding hydrogens is 593 g/mol. The molecule has 2 aromatic carbocycles. The number of aromatic hydroxyl groups is 1. The second-order valence-electron chi connectivity index (χ2n) is 11.1. The van der Waals surface area contributed by atoms with Gasteiger partial charge in [-0.2, -0.15) is 13.2 Å². The van der Waals surface area contributed by atoms with E-state index in [0.717, 1.165) is 12.1 Å². The molecule has 45 heavy (non-hydrogen) atoms. The molecule has 1 amide bonds. The summed E-state index contributed by atoms with van der Waals surface area (Å²) in [6, 6.07) is 13.0. The molecule has 0 radical (unpaired) electrons. The Hall–Kier alpha value is -3.71. The van der Waals surface area contributed by atoms with Gasteiger partial charge >= 0.3 is 12.3 Å². The second kappa shape index (κ2) is 17.1. The summed E-state index contributed by atoms with van der Waals surface area (Å²) in [4.78, 5) is 18.9. The number of amides is 1. The lowest BCUT2D eigenvalue weighted by Gasteiger charge is -2.27. The molecule has 0 unspecified atom stereocenters. The predicted octanol–water partition coefficient (Wildman–Crippen LogP) is 6.57. The Kier molecular flexibility index (Phi) is 13.6. The second-order valence-corrected chi connectivity index (χ2v) is 11.1. The Labute approximate surface area is 261 Å². The van der Waals surface area contributed by atoms with Crippen LogP contribution in [0.2, 0.25) is 0 Å². The van der Waals surface area contributed by atoms with Gasteiger partial charge in [0.05, 0.1) is 64.1 Å². The van der Waals surface area contributed by atoms with Gasteiger partial charge in [0, 0.05) is 25.4 Å². The minimum absolute atomic E-state index is 0.0518. The molecule has 12 heteroatoms. The molecule has 0 fully saturated rings. The number of rotatable bonds is 16. The maximum absolute atomic E-state index is 13.3. The lowest BCUT2D eigenvalue weighted by Crippen LogP contribution is -2.38. The number of carbonyl (C=O) groups excluding carboxylic acids is 1. The molecule has 1 aromatic heterocycles. The lowest BCUT2D eigenvalue weighted by molar-refractivity contribution is -0.137. The molecule has 0 bridgehead atoms. The summed E-state index contributed by atoms with van der Waals surface area (Å²) in [7, 11) is 1.61. The smallest absolute Gasteiger partial charge is 0.416 e. The minimum atomic E-state index is -4.48. The van der Waals surface area contributed by atoms with Gasteiger partial charge in [-0.1, -0.05) is 18.2 Å². The van der Waals surface area contributed by atoms with Crippen molar-refractivity contribution in [2.24, 2.45) is 0 Å². The highest BCUT2D eigenvalue weighted by Crippen LogP contribution is 2.36. The Balaban J connectivity index is 1.68. The Morgan fingerprint density at radius 2 is 1.47 bits per heavy atom. The lowest BCUT2D eigenvalue weighted by atomic mass is 9.97. The third-order valence-corrected chi connectivity index (χ3v) is 6.33. The number of methoxy groups -OCH3 is 1. The van der Waals surface area contributed by atoms with Gasteiger partial charge in [-0.25, -0.2) is 4.79 Å². The number of carbonyl (C=O) groups is 1. The zero-order valence-corrected chi connectivity index (χ0v) is 26.1. The number of phenols is 1. The molecule has 3 rings (SSSR count). The monoisotopic (exact) mass is 634 g/mol. The van der Waals surface area contributed by atoms with E-state index >= 15 is 0 Å². The van der Waals surface area contributed by atoms with E-state index in [4.69, 9.17) is 23.7 Å². The predicted molar refractivity (Wildman–Crippen MR) is 163 cm³/mol. The molecule has 0 aliphatic carbocycles. The van der Waals surface area contributed by atoms with Crippen molar-refractivity contribution in [1.82, 2.24) is 9.88 Å². The molecule has 0 aliphatic rings. The number of ether oxygens (including phenoxy) is 5. The first-order valence-electron chi connectivity index (χ1n) is 14.5. The van der Waals surface area contributed by atoms with Crippen LogP contribution in [0, 0.1) is 0 Å². The number of benzene rings is 2. The molecule has 0 saturated carbocycles. The number of hydrogen-bond donors (Lipinski definition) is 1. The number of halogens is 3. The molecule has 0 saturated heterocycles. The average Bonchev–Trinajstić information content (AvgIpc) is 2.98. The molecule has 0 aliphatic heterocycles. The van der Waals surface area contributed by atoms with Crippen molar-refractivity contribution in [3.8, 4) is 28.0 Å². The van der Waals surface area contributed by atoms with E-state index in [9.17, 15) is 23.1 Å². The fourth-order valence-electron chi connectivity index (χ4n) is 4.17. The van der Waals surface area contributed by atoms with Gasteiger partial charge < -0.3 is 28.8 Å². The average molecular weight is 635 g/mol. The molecule has 0 atom stereocenters. The van der Waals surface area contributed by atoms with Crippen LogP contribution in [0.15, 0.2) is 60.8 Å². The van der Waals surface area contributed by atoms with Crippen molar-refractivity contribution in [1.29, 1.82) is 0 Å². The van der Waals surface area contributed by atoms with Crippen LogP contribution in [0.5, 0.6) is 5.75 Å². The first-order chi connectivity index (χ1) is 21.4. The molecule has 246 valence electrons. The summed E-state index contributed by atoms with van der Waals surface area (Å²) in [5.41, 5.74) is 0.877. The summed E-state index contributed by atoms with van der Waals surface area (Å²) in [6.07, 6.45) is -3.48. The Morgan fingerprint density at radius 1 is 0.822 bits per heavy atom. The van der Waals surface area contributed by atoms with Crippen LogP contribution < -0.4 is 0 Å². The molecule has 3 aromatic rings. The SMILES string of the molecule is COCCOCCOCCOCCN(Cc1cc(-c2cc(-c3cccc(C(F)(F)F)c3)ccc2O)ccn1)C(=O)OC(C)(C)C. The summed E-state index contributed by atoms with van der Waals surface area (Å²) < 4.78 is 66.8. The molecule has 1 heterocycles. The summed E-state index contributed by atoms with van der Waals surface area (Å²) in [6.45, 7) is 8.46. The van der Waals surface area contributed by atoms with E-state index in [2.05, 4.69) is 4.98 Å². The van der Waals surface area contributed by atoms with Crippen LogP contribution >= 0.6 is 0 Å². The van der Waals surface area contributed by atoms with E-state index in [1.54, 1.807) is 64.4 Å². The molecule has 9 nitrogen and oxygen atoms in total. The van der Waals surface area contributed by atoms with E-state index in [1.165, 1.54) is 17.0 Å². The van der Waals surface area contributed by atoms with Crippen LogP contribution in [-0.2, 0) is 36.4 Å². The fraction of sp³-hybridized carbons (Fsp3) is 0.455. The van der Waals surface area contributed by atoms with Gasteiger partial charge in [0.15, 0.2) is 0 Å². The number of pyridine rings is 1. The Morgan fingerprint density at radius 3 is 2.11 bits per heavy atom. The first kappa shape index (κ1) is 35.8. The highest BCUT2D eigenvalue weighted by Gasteiger charge is 2.30. The topological polar surface area (TPSA) is 99.6 Å². The quantitative estimate of drug-likeness (QED) is 0.177. The van der Waals surface area contributed by atoms with E-state index in [0.29, 0.717) is 67.6 Å². The third-order valence-electron chi connectivity index (χ3n) is 6.33. The zero-order valence-electron chi connectivity index (χ0n) is 26.1. The highest BCUT2D eigenvalue weighted by atomic mass is 19.4.